The molecule has 2 atom stereocenters. The smallest absolute Gasteiger partial charge is 0.306 e. The van der Waals surface area contributed by atoms with E-state index < -0.39 is 10.0 Å². The zero-order valence-corrected chi connectivity index (χ0v) is 24.1. The molecule has 0 radical (unpaired) electrons. The first-order valence-corrected chi connectivity index (χ1v) is 14.9. The lowest BCUT2D eigenvalue weighted by Gasteiger charge is -2.24. The summed E-state index contributed by atoms with van der Waals surface area (Å²) in [6.07, 6.45) is 3.42. The van der Waals surface area contributed by atoms with Gasteiger partial charge in [-0.15, -0.1) is 0 Å². The molecule has 1 aliphatic rings. The number of aryl methyl sites for hydroxylation is 1. The van der Waals surface area contributed by atoms with Gasteiger partial charge in [-0.25, -0.2) is 8.42 Å². The van der Waals surface area contributed by atoms with E-state index in [2.05, 4.69) is 10.1 Å². The summed E-state index contributed by atoms with van der Waals surface area (Å²) in [6, 6.07) is 12.8. The molecule has 2 aromatic carbocycles. The van der Waals surface area contributed by atoms with Gasteiger partial charge in [0.1, 0.15) is 16.7 Å². The molecule has 1 aliphatic heterocycles. The number of benzene rings is 2. The number of aliphatic imine (C=N–C) groups is 1. The number of ether oxygens (including phenoxy) is 2. The van der Waals surface area contributed by atoms with Gasteiger partial charge in [0, 0.05) is 19.3 Å². The van der Waals surface area contributed by atoms with Crippen LogP contribution in [0.5, 0.6) is 5.75 Å². The Bertz CT molecular complexity index is 1290. The number of hydrogen-bond donors (Lipinski definition) is 1. The molecule has 212 valence electrons. The van der Waals surface area contributed by atoms with Gasteiger partial charge in [-0.2, -0.15) is 9.41 Å². The number of hydrogen-bond acceptors (Lipinski definition) is 8. The summed E-state index contributed by atoms with van der Waals surface area (Å²) in [6.45, 7) is 9.03. The number of sulfonamides is 1. The van der Waals surface area contributed by atoms with Crippen molar-refractivity contribution in [1.82, 2.24) is 4.31 Å². The number of carbonyl (C=O) groups is 1. The Kier molecular flexibility index (Phi) is 11.1. The zero-order chi connectivity index (χ0) is 28.4. The first-order valence-electron chi connectivity index (χ1n) is 13.5. The molecule has 1 heterocycles. The third-order valence-electron chi connectivity index (χ3n) is 6.87. The number of carbonyl (C=O) groups excluding carboxylic acids is 1. The first kappa shape index (κ1) is 30.3. The molecule has 2 aromatic rings. The van der Waals surface area contributed by atoms with Crippen LogP contribution in [-0.4, -0.2) is 56.4 Å². The van der Waals surface area contributed by atoms with Crippen molar-refractivity contribution in [2.24, 2.45) is 15.9 Å². The maximum Gasteiger partial charge on any atom is 0.306 e. The highest BCUT2D eigenvalue weighted by Gasteiger charge is 2.34. The van der Waals surface area contributed by atoms with E-state index in [0.29, 0.717) is 43.9 Å². The van der Waals surface area contributed by atoms with Gasteiger partial charge in [0.2, 0.25) is 10.0 Å². The van der Waals surface area contributed by atoms with Crippen molar-refractivity contribution in [1.29, 1.82) is 0 Å². The van der Waals surface area contributed by atoms with Gasteiger partial charge in [0.25, 0.3) is 0 Å². The van der Waals surface area contributed by atoms with E-state index in [4.69, 9.17) is 15.3 Å². The lowest BCUT2D eigenvalue weighted by molar-refractivity contribution is -0.143. The van der Waals surface area contributed by atoms with Crippen molar-refractivity contribution in [3.05, 3.63) is 59.2 Å². The van der Waals surface area contributed by atoms with E-state index in [0.717, 1.165) is 16.7 Å². The molecule has 0 saturated carbocycles. The highest BCUT2D eigenvalue weighted by atomic mass is 32.2. The van der Waals surface area contributed by atoms with Gasteiger partial charge >= 0.3 is 5.97 Å². The van der Waals surface area contributed by atoms with Crippen molar-refractivity contribution in [3.63, 3.8) is 0 Å². The Morgan fingerprint density at radius 2 is 2.00 bits per heavy atom. The molecule has 0 spiro atoms. The predicted octanol–water partition coefficient (Wildman–Crippen LogP) is 4.58. The van der Waals surface area contributed by atoms with Gasteiger partial charge in [-0.3, -0.25) is 9.79 Å². The van der Waals surface area contributed by atoms with Gasteiger partial charge < -0.3 is 15.3 Å². The molecule has 2 N–H and O–H groups in total. The van der Waals surface area contributed by atoms with Gasteiger partial charge in [-0.1, -0.05) is 37.3 Å². The molecular formula is C29H40N4O5S. The van der Waals surface area contributed by atoms with Crippen LogP contribution in [0.2, 0.25) is 0 Å². The largest absolute Gasteiger partial charge is 0.488 e. The summed E-state index contributed by atoms with van der Waals surface area (Å²) in [4.78, 5) is 16.9. The van der Waals surface area contributed by atoms with E-state index in [1.807, 2.05) is 39.0 Å². The standard InChI is InChI=1S/C29H40N4O5S/c1-5-26-20-33(39(35,36)28-11-9-8-10-27(28)38-26)19-24-16-22(13-12-21(24)4)23(17-29(34)37-7-3)14-15-25(32-30)18-31-6-2/h8-13,16,18,23,26H,5-7,14-15,17,19-20,30H2,1-4H3/t23?,26-/m1/s1. The molecule has 3 rings (SSSR count). The fourth-order valence-electron chi connectivity index (χ4n) is 4.60. The lowest BCUT2D eigenvalue weighted by Crippen LogP contribution is -2.36. The Morgan fingerprint density at radius 3 is 2.69 bits per heavy atom. The van der Waals surface area contributed by atoms with Crippen molar-refractivity contribution in [3.8, 4) is 5.75 Å². The average molecular weight is 557 g/mol. The van der Waals surface area contributed by atoms with Crippen LogP contribution in [0.3, 0.4) is 0 Å². The molecule has 0 amide bonds. The fourth-order valence-corrected chi connectivity index (χ4v) is 6.17. The molecule has 0 saturated heterocycles. The van der Waals surface area contributed by atoms with Crippen molar-refractivity contribution in [2.45, 2.75) is 76.8 Å². The predicted molar refractivity (Wildman–Crippen MR) is 154 cm³/mol. The van der Waals surface area contributed by atoms with Crippen LogP contribution in [0.25, 0.3) is 0 Å². The Labute approximate surface area is 232 Å². The van der Waals surface area contributed by atoms with E-state index in [1.165, 1.54) is 4.31 Å². The SMILES string of the molecule is CCN=CC(CCC(CC(=O)OCC)c1ccc(C)c(CN2C[C@@H](CC)Oc3ccccc3S2(=O)=O)c1)=NN. The normalized spacial score (nSPS) is 18.3. The molecule has 10 heteroatoms. The topological polar surface area (TPSA) is 124 Å². The highest BCUT2D eigenvalue weighted by Crippen LogP contribution is 2.34. The number of rotatable bonds is 12. The van der Waals surface area contributed by atoms with Crippen LogP contribution >= 0.6 is 0 Å². The maximum atomic E-state index is 13.7. The minimum absolute atomic E-state index is 0.164. The van der Waals surface area contributed by atoms with E-state index in [1.54, 1.807) is 37.4 Å². The van der Waals surface area contributed by atoms with E-state index >= 15 is 0 Å². The molecule has 0 aromatic heterocycles. The van der Waals surface area contributed by atoms with Crippen molar-refractivity contribution >= 4 is 27.9 Å². The van der Waals surface area contributed by atoms with Crippen LogP contribution in [-0.2, 0) is 26.1 Å². The minimum Gasteiger partial charge on any atom is -0.488 e. The van der Waals surface area contributed by atoms with E-state index in [-0.39, 0.29) is 42.4 Å². The minimum atomic E-state index is -3.78. The second-order valence-corrected chi connectivity index (χ2v) is 11.5. The summed E-state index contributed by atoms with van der Waals surface area (Å²) in [5.41, 5.74) is 3.43. The molecule has 9 nitrogen and oxygen atoms in total. The molecule has 1 unspecified atom stereocenters. The Balaban J connectivity index is 1.93. The lowest BCUT2D eigenvalue weighted by atomic mass is 9.88. The van der Waals surface area contributed by atoms with Gasteiger partial charge in [0.15, 0.2) is 0 Å². The van der Waals surface area contributed by atoms with E-state index in [9.17, 15) is 13.2 Å². The number of esters is 1. The zero-order valence-electron chi connectivity index (χ0n) is 23.3. The van der Waals surface area contributed by atoms with Crippen LogP contribution in [0.1, 0.15) is 69.1 Å². The van der Waals surface area contributed by atoms with Gasteiger partial charge in [0.05, 0.1) is 25.3 Å². The van der Waals surface area contributed by atoms with Crippen LogP contribution in [0.15, 0.2) is 57.5 Å². The quantitative estimate of drug-likeness (QED) is 0.177. The van der Waals surface area contributed by atoms with Crippen LogP contribution in [0, 0.1) is 6.92 Å². The summed E-state index contributed by atoms with van der Waals surface area (Å²) >= 11 is 0. The molecular weight excluding hydrogens is 516 g/mol. The fraction of sp³-hybridized carbons (Fsp3) is 0.483. The second kappa shape index (κ2) is 14.2. The van der Waals surface area contributed by atoms with Crippen LogP contribution < -0.4 is 10.6 Å². The summed E-state index contributed by atoms with van der Waals surface area (Å²) in [5.74, 6) is 5.50. The second-order valence-electron chi connectivity index (χ2n) is 9.57. The summed E-state index contributed by atoms with van der Waals surface area (Å²) in [7, 11) is -3.78. The van der Waals surface area contributed by atoms with Gasteiger partial charge in [-0.05, 0) is 74.8 Å². The highest BCUT2D eigenvalue weighted by molar-refractivity contribution is 7.89. The number of para-hydroxylation sites is 1. The van der Waals surface area contributed by atoms with Crippen molar-refractivity contribution in [2.75, 3.05) is 19.7 Å². The number of fused-ring (bicyclic) bond motifs is 1. The molecule has 0 fully saturated rings. The third kappa shape index (κ3) is 7.89. The number of nitrogens with zero attached hydrogens (tertiary/aromatic N) is 3. The number of nitrogens with two attached hydrogens (primary N) is 1. The molecule has 39 heavy (non-hydrogen) atoms. The van der Waals surface area contributed by atoms with Crippen LogP contribution in [0.4, 0.5) is 0 Å². The number of hydrazone groups is 1. The Morgan fingerprint density at radius 1 is 1.23 bits per heavy atom. The maximum absolute atomic E-state index is 13.7. The summed E-state index contributed by atoms with van der Waals surface area (Å²) in [5, 5.41) is 3.84. The Hall–Kier alpha value is -3.24. The molecule has 0 bridgehead atoms. The first-order chi connectivity index (χ1) is 18.7. The summed E-state index contributed by atoms with van der Waals surface area (Å²) < 4.78 is 40.2. The third-order valence-corrected chi connectivity index (χ3v) is 8.72. The monoisotopic (exact) mass is 556 g/mol. The molecule has 0 aliphatic carbocycles. The van der Waals surface area contributed by atoms with Crippen molar-refractivity contribution < 1.29 is 22.7 Å². The average Bonchev–Trinajstić information content (AvgIpc) is 3.03.